The van der Waals surface area contributed by atoms with Crippen LogP contribution in [-0.4, -0.2) is 120 Å². The van der Waals surface area contributed by atoms with Gasteiger partial charge in [-0.15, -0.1) is 0 Å². The van der Waals surface area contributed by atoms with Gasteiger partial charge in [-0.1, -0.05) is 32.1 Å². The van der Waals surface area contributed by atoms with Crippen LogP contribution in [0.25, 0.3) is 0 Å². The summed E-state index contributed by atoms with van der Waals surface area (Å²) in [5.41, 5.74) is 0. The van der Waals surface area contributed by atoms with E-state index in [0.29, 0.717) is 25.3 Å². The van der Waals surface area contributed by atoms with Gasteiger partial charge >= 0.3 is 80.4 Å². The van der Waals surface area contributed by atoms with Crippen LogP contribution in [0.15, 0.2) is 0 Å². The van der Waals surface area contributed by atoms with Crippen LogP contribution in [0.4, 0.5) is 4.79 Å². The van der Waals surface area contributed by atoms with Crippen LogP contribution in [0.2, 0.25) is 0.515 Å². The monoisotopic (exact) mass is 525 g/mol. The third-order valence-corrected chi connectivity index (χ3v) is 5.84. The number of rotatable bonds is 8. The Hall–Kier alpha value is -1.01. The molecule has 2 atom stereocenters. The van der Waals surface area contributed by atoms with E-state index in [2.05, 4.69) is 6.92 Å². The van der Waals surface area contributed by atoms with Crippen LogP contribution >= 0.6 is 0 Å². The molecule has 1 heterocycles. The van der Waals surface area contributed by atoms with E-state index in [9.17, 15) is 24.0 Å². The van der Waals surface area contributed by atoms with E-state index in [1.807, 2.05) is 0 Å². The van der Waals surface area contributed by atoms with Gasteiger partial charge in [-0.25, -0.2) is 4.79 Å². The summed E-state index contributed by atoms with van der Waals surface area (Å²) >= 11 is 1.10. The predicted octanol–water partition coefficient (Wildman–Crippen LogP) is 3.46. The minimum atomic E-state index is -1.31. The number of hydrogen-bond donors (Lipinski definition) is 2. The van der Waals surface area contributed by atoms with Crippen molar-refractivity contribution in [1.82, 2.24) is 4.90 Å². The molecule has 0 spiro atoms. The summed E-state index contributed by atoms with van der Waals surface area (Å²) in [6, 6.07) is 0.0282. The van der Waals surface area contributed by atoms with E-state index in [1.165, 1.54) is 39.7 Å². The van der Waals surface area contributed by atoms with Gasteiger partial charge in [0.15, 0.2) is 0 Å². The van der Waals surface area contributed by atoms with Gasteiger partial charge < -0.3 is 24.6 Å². The number of ether oxygens (including phenoxy) is 2. The van der Waals surface area contributed by atoms with E-state index in [4.69, 9.17) is 19.7 Å². The first-order valence-corrected chi connectivity index (χ1v) is 14.8. The van der Waals surface area contributed by atoms with Crippen LogP contribution in [0, 0.1) is 11.8 Å². The average Bonchev–Trinajstić information content (AvgIpc) is 2.79. The zero-order valence-corrected chi connectivity index (χ0v) is 24.7. The smallest absolute Gasteiger partial charge is 0.314 e. The molecule has 2 fully saturated rings. The number of nitrogens with zero attached hydrogens (tertiary/aromatic N) is 1. The Kier molecular flexibility index (Phi) is 19.5. The Morgan fingerprint density at radius 1 is 0.943 bits per heavy atom. The molecule has 2 aliphatic rings. The van der Waals surface area contributed by atoms with Gasteiger partial charge in [0.05, 0.1) is 13.7 Å². The number of carboxylic acid groups (broad SMARTS) is 2. The van der Waals surface area contributed by atoms with Crippen LogP contribution in [0.3, 0.4) is 0 Å². The first-order valence-electron chi connectivity index (χ1n) is 12.6. The van der Waals surface area contributed by atoms with Gasteiger partial charge in [0.25, 0.3) is 0 Å². The standard InChI is InChI=1S/C19H31NO5.C3H4O4.C2H5.K/c1-3-25-18(22)13-17(21)15-9-10-20(19(23)24-2)16(12-15)11-14-7-5-4-6-8-14;4-2(5)1-3(6)7;1-2;/h14-16H,3-13H2,1-2H3;1H2,(H,4,5)(H,6,7);1H2,2H3;. The van der Waals surface area contributed by atoms with Crippen molar-refractivity contribution in [3.05, 3.63) is 0 Å². The van der Waals surface area contributed by atoms with Crippen LogP contribution in [-0.2, 0) is 28.7 Å². The Balaban J connectivity index is 0.000000978. The molecule has 2 unspecified atom stereocenters. The second-order valence-electron chi connectivity index (χ2n) is 8.90. The van der Waals surface area contributed by atoms with Crippen molar-refractivity contribution in [2.75, 3.05) is 20.3 Å². The quantitative estimate of drug-likeness (QED) is 0.276. The SMILES string of the molecule is CCOC(=O)CC(=O)C1CCN(C(=O)OC)C(CC2CCCCC2)C1.C[CH2][K].O=C(O)CC(=O)O. The Bertz CT molecular complexity index is 668. The van der Waals surface area contributed by atoms with E-state index >= 15 is 0 Å². The minimum Gasteiger partial charge on any atom is -0.481 e. The van der Waals surface area contributed by atoms with Crippen molar-refractivity contribution in [3.63, 3.8) is 0 Å². The van der Waals surface area contributed by atoms with Gasteiger partial charge in [0.1, 0.15) is 18.6 Å². The van der Waals surface area contributed by atoms with Crippen molar-refractivity contribution < 1.29 is 43.7 Å². The summed E-state index contributed by atoms with van der Waals surface area (Å²) in [7, 11) is 1.40. The van der Waals surface area contributed by atoms with Crippen molar-refractivity contribution in [3.8, 4) is 0 Å². The normalized spacial score (nSPS) is 19.7. The number of likely N-dealkylation sites (tertiary alicyclic amines) is 1. The maximum Gasteiger partial charge on any atom is 0.314 e. The zero-order chi connectivity index (χ0) is 26.8. The van der Waals surface area contributed by atoms with E-state index in [1.54, 1.807) is 11.8 Å². The molecule has 1 saturated heterocycles. The number of piperidine rings is 1. The van der Waals surface area contributed by atoms with Crippen LogP contribution in [0.1, 0.15) is 78.1 Å². The molecule has 0 aromatic heterocycles. The van der Waals surface area contributed by atoms with Crippen LogP contribution in [0.5, 0.6) is 0 Å². The van der Waals surface area contributed by atoms with Crippen molar-refractivity contribution in [2.45, 2.75) is 84.6 Å². The molecular formula is C24H40KNO9. The number of amides is 1. The van der Waals surface area contributed by atoms with Crippen molar-refractivity contribution >= 4 is 78.7 Å². The van der Waals surface area contributed by atoms with Crippen LogP contribution < -0.4 is 0 Å². The summed E-state index contributed by atoms with van der Waals surface area (Å²) in [6.07, 6.45) is 7.07. The molecule has 0 aromatic rings. The molecular weight excluding hydrogens is 485 g/mol. The number of carbonyl (C=O) groups excluding carboxylic acids is 3. The largest absolute Gasteiger partial charge is 0.481 e. The molecule has 1 aliphatic heterocycles. The fourth-order valence-corrected chi connectivity index (χ4v) is 4.36. The fourth-order valence-electron chi connectivity index (χ4n) is 4.36. The molecule has 35 heavy (non-hydrogen) atoms. The van der Waals surface area contributed by atoms with E-state index in [0.717, 1.165) is 55.4 Å². The minimum absolute atomic E-state index is 0.0282. The second-order valence-corrected chi connectivity index (χ2v) is 11.1. The number of esters is 1. The number of carbonyl (C=O) groups is 5. The molecule has 11 heteroatoms. The number of carboxylic acids is 2. The zero-order valence-electron chi connectivity index (χ0n) is 21.6. The summed E-state index contributed by atoms with van der Waals surface area (Å²) in [4.78, 5) is 56.8. The number of aliphatic carboxylic acids is 2. The van der Waals surface area contributed by atoms with Crippen molar-refractivity contribution in [2.24, 2.45) is 11.8 Å². The first-order chi connectivity index (χ1) is 16.6. The predicted molar refractivity (Wildman–Crippen MR) is 129 cm³/mol. The second kappa shape index (κ2) is 20.1. The molecule has 1 saturated carbocycles. The molecule has 196 valence electrons. The third-order valence-electron chi connectivity index (χ3n) is 5.84. The van der Waals surface area contributed by atoms with E-state index in [-0.39, 0.29) is 36.9 Å². The van der Waals surface area contributed by atoms with Gasteiger partial charge in [-0.2, -0.15) is 0 Å². The summed E-state index contributed by atoms with van der Waals surface area (Å²) in [5, 5.41) is 15.4. The number of hydrogen-bond acceptors (Lipinski definition) is 7. The van der Waals surface area contributed by atoms with Gasteiger partial charge in [-0.05, 0) is 32.1 Å². The first kappa shape index (κ1) is 34.0. The number of Topliss-reactive ketones (excluding diaryl/α,β-unsaturated/α-hetero) is 1. The maximum atomic E-state index is 12.4. The average molecular weight is 526 g/mol. The molecule has 0 bridgehead atoms. The number of ketones is 1. The summed E-state index contributed by atoms with van der Waals surface area (Å²) in [5.74, 6) is -2.69. The van der Waals surface area contributed by atoms with Gasteiger partial charge in [0.2, 0.25) is 0 Å². The maximum absolute atomic E-state index is 12.4. The Morgan fingerprint density at radius 2 is 1.51 bits per heavy atom. The molecule has 1 aliphatic carbocycles. The molecule has 10 nitrogen and oxygen atoms in total. The Labute approximate surface area is 242 Å². The van der Waals surface area contributed by atoms with Crippen molar-refractivity contribution in [1.29, 1.82) is 0 Å². The molecule has 2 rings (SSSR count). The molecule has 1 amide bonds. The molecule has 0 aromatic carbocycles. The molecule has 2 N–H and O–H groups in total. The third kappa shape index (κ3) is 15.6. The van der Waals surface area contributed by atoms with E-state index < -0.39 is 24.3 Å². The fraction of sp³-hybridized carbons (Fsp3) is 0.792. The van der Waals surface area contributed by atoms with Gasteiger partial charge in [0, 0.05) is 18.5 Å². The molecule has 0 radical (unpaired) electrons. The van der Waals surface area contributed by atoms with Gasteiger partial charge in [-0.3, -0.25) is 19.2 Å². The summed E-state index contributed by atoms with van der Waals surface area (Å²) in [6.45, 7) is 4.75. The Morgan fingerprint density at radius 3 is 1.97 bits per heavy atom. The summed E-state index contributed by atoms with van der Waals surface area (Å²) < 4.78 is 11.3. The topological polar surface area (TPSA) is 148 Å². The number of methoxy groups -OCH3 is 1.